The van der Waals surface area contributed by atoms with Crippen LogP contribution in [-0.4, -0.2) is 30.7 Å². The Hall–Kier alpha value is -3.73. The molecule has 2 aliphatic heterocycles. The van der Waals surface area contributed by atoms with Gasteiger partial charge in [-0.25, -0.2) is 4.98 Å². The van der Waals surface area contributed by atoms with Gasteiger partial charge < -0.3 is 25.3 Å². The summed E-state index contributed by atoms with van der Waals surface area (Å²) in [5.41, 5.74) is 10.3. The van der Waals surface area contributed by atoms with Gasteiger partial charge in [0.15, 0.2) is 11.5 Å². The number of rotatable bonds is 4. The predicted octanol–water partition coefficient (Wildman–Crippen LogP) is 2.75. The number of fused-ring (bicyclic) bond motifs is 2. The van der Waals surface area contributed by atoms with Gasteiger partial charge in [0.2, 0.25) is 11.8 Å². The summed E-state index contributed by atoms with van der Waals surface area (Å²) in [4.78, 5) is 17.0. The van der Waals surface area contributed by atoms with Crippen LogP contribution in [0.2, 0.25) is 0 Å². The lowest BCUT2D eigenvalue weighted by molar-refractivity contribution is -0.114. The maximum Gasteiger partial charge on any atom is 0.247 e. The molecule has 2 aliphatic rings. The van der Waals surface area contributed by atoms with Gasteiger partial charge in [0.1, 0.15) is 19.3 Å². The van der Waals surface area contributed by atoms with Gasteiger partial charge in [-0.05, 0) is 32.4 Å². The van der Waals surface area contributed by atoms with Gasteiger partial charge >= 0.3 is 0 Å². The topological polar surface area (TPSA) is 119 Å². The molecule has 4 rings (SSSR count). The van der Waals surface area contributed by atoms with Crippen LogP contribution in [0.25, 0.3) is 0 Å². The minimum absolute atomic E-state index is 0.339. The van der Waals surface area contributed by atoms with Crippen LogP contribution in [-0.2, 0) is 4.79 Å². The molecule has 0 saturated heterocycles. The summed E-state index contributed by atoms with van der Waals surface area (Å²) in [7, 11) is 0. The molecule has 0 saturated carbocycles. The molecule has 3 heterocycles. The van der Waals surface area contributed by atoms with Crippen LogP contribution in [0.1, 0.15) is 42.0 Å². The van der Waals surface area contributed by atoms with Crippen molar-refractivity contribution >= 4 is 11.6 Å². The lowest BCUT2D eigenvalue weighted by Gasteiger charge is -2.33. The van der Waals surface area contributed by atoms with E-state index in [9.17, 15) is 10.1 Å². The SMILES string of the molecule is CCOc1ncc(C)c2c1[C@H](c1ccc(C#N)c3c1OCCO3)C(C(N)=O)=C(C)N2. The number of aromatic nitrogens is 1. The lowest BCUT2D eigenvalue weighted by atomic mass is 9.79. The molecule has 1 atom stereocenters. The van der Waals surface area contributed by atoms with E-state index in [0.29, 0.717) is 65.2 Å². The van der Waals surface area contributed by atoms with Crippen molar-refractivity contribution in [2.45, 2.75) is 26.7 Å². The summed E-state index contributed by atoms with van der Waals surface area (Å²) in [6, 6.07) is 5.58. The molecule has 1 amide bonds. The van der Waals surface area contributed by atoms with Crippen molar-refractivity contribution in [3.05, 3.63) is 51.9 Å². The molecule has 1 aromatic carbocycles. The van der Waals surface area contributed by atoms with Crippen molar-refractivity contribution in [1.29, 1.82) is 5.26 Å². The van der Waals surface area contributed by atoms with E-state index in [2.05, 4.69) is 16.4 Å². The van der Waals surface area contributed by atoms with Gasteiger partial charge in [0.05, 0.1) is 29.3 Å². The van der Waals surface area contributed by atoms with E-state index < -0.39 is 11.8 Å². The van der Waals surface area contributed by atoms with Gasteiger partial charge in [-0.3, -0.25) is 4.79 Å². The lowest BCUT2D eigenvalue weighted by Crippen LogP contribution is -2.29. The van der Waals surface area contributed by atoms with Crippen molar-refractivity contribution < 1.29 is 19.0 Å². The van der Waals surface area contributed by atoms with E-state index in [-0.39, 0.29) is 0 Å². The number of nitriles is 1. The number of allylic oxidation sites excluding steroid dienone is 1. The Morgan fingerprint density at radius 2 is 2.07 bits per heavy atom. The van der Waals surface area contributed by atoms with Gasteiger partial charge in [0, 0.05) is 23.0 Å². The quantitative estimate of drug-likeness (QED) is 0.801. The number of pyridine rings is 1. The standard InChI is InChI=1S/C22H22N4O4/c1-4-28-22-17-16(14-6-5-13(9-23)19-20(14)30-8-7-29-19)15(21(24)27)12(3)26-18(17)11(2)10-25-22/h5-6,10,16,26H,4,7-8H2,1-3H3,(H2,24,27)/t16-/m1/s1. The summed E-state index contributed by atoms with van der Waals surface area (Å²) in [6.45, 7) is 6.71. The minimum atomic E-state index is -0.587. The van der Waals surface area contributed by atoms with Crippen LogP contribution in [0.3, 0.4) is 0 Å². The number of nitrogens with two attached hydrogens (primary N) is 1. The first-order valence-electron chi connectivity index (χ1n) is 9.70. The maximum absolute atomic E-state index is 12.5. The highest BCUT2D eigenvalue weighted by atomic mass is 16.6. The molecule has 1 aromatic heterocycles. The summed E-state index contributed by atoms with van der Waals surface area (Å²) in [5.74, 6) is 0.0806. The van der Waals surface area contributed by atoms with E-state index in [1.807, 2.05) is 20.8 Å². The number of hydrogen-bond donors (Lipinski definition) is 2. The average molecular weight is 406 g/mol. The van der Waals surface area contributed by atoms with E-state index in [4.69, 9.17) is 19.9 Å². The average Bonchev–Trinajstić information content (AvgIpc) is 2.74. The summed E-state index contributed by atoms with van der Waals surface area (Å²) >= 11 is 0. The number of benzene rings is 1. The third-order valence-corrected chi connectivity index (χ3v) is 5.26. The second-order valence-electron chi connectivity index (χ2n) is 7.10. The maximum atomic E-state index is 12.5. The first kappa shape index (κ1) is 19.6. The molecule has 3 N–H and O–H groups in total. The van der Waals surface area contributed by atoms with Crippen molar-refractivity contribution in [2.24, 2.45) is 5.73 Å². The van der Waals surface area contributed by atoms with Crippen LogP contribution in [0.5, 0.6) is 17.4 Å². The van der Waals surface area contributed by atoms with Crippen molar-refractivity contribution in [3.63, 3.8) is 0 Å². The highest BCUT2D eigenvalue weighted by Crippen LogP contribution is 2.51. The molecule has 2 aromatic rings. The number of anilines is 1. The van der Waals surface area contributed by atoms with Crippen molar-refractivity contribution in [1.82, 2.24) is 4.98 Å². The molecule has 0 bridgehead atoms. The largest absolute Gasteiger partial charge is 0.486 e. The van der Waals surface area contributed by atoms with Gasteiger partial charge in [0.25, 0.3) is 0 Å². The molecular formula is C22H22N4O4. The second kappa shape index (κ2) is 7.59. The highest BCUT2D eigenvalue weighted by molar-refractivity contribution is 5.98. The molecule has 8 nitrogen and oxygen atoms in total. The van der Waals surface area contributed by atoms with Gasteiger partial charge in [-0.15, -0.1) is 0 Å². The molecule has 0 spiro atoms. The zero-order chi connectivity index (χ0) is 21.4. The Morgan fingerprint density at radius 1 is 1.33 bits per heavy atom. The van der Waals surface area contributed by atoms with Gasteiger partial charge in [-0.2, -0.15) is 5.26 Å². The van der Waals surface area contributed by atoms with Crippen molar-refractivity contribution in [3.8, 4) is 23.4 Å². The normalized spacial score (nSPS) is 16.9. The zero-order valence-electron chi connectivity index (χ0n) is 17.0. The molecule has 0 aliphatic carbocycles. The molecule has 0 radical (unpaired) electrons. The molecule has 0 fully saturated rings. The number of aryl methyl sites for hydroxylation is 1. The van der Waals surface area contributed by atoms with E-state index in [0.717, 1.165) is 11.3 Å². The number of ether oxygens (including phenoxy) is 3. The van der Waals surface area contributed by atoms with Crippen molar-refractivity contribution in [2.75, 3.05) is 25.1 Å². The first-order chi connectivity index (χ1) is 14.5. The monoisotopic (exact) mass is 406 g/mol. The third-order valence-electron chi connectivity index (χ3n) is 5.26. The van der Waals surface area contributed by atoms with Crippen LogP contribution in [0.4, 0.5) is 5.69 Å². The molecule has 154 valence electrons. The number of nitrogens with one attached hydrogen (secondary N) is 1. The Morgan fingerprint density at radius 3 is 2.73 bits per heavy atom. The predicted molar refractivity (Wildman–Crippen MR) is 110 cm³/mol. The molecular weight excluding hydrogens is 384 g/mol. The smallest absolute Gasteiger partial charge is 0.247 e. The Kier molecular flexibility index (Phi) is 4.96. The Bertz CT molecular complexity index is 1120. The molecule has 8 heteroatoms. The highest BCUT2D eigenvalue weighted by Gasteiger charge is 2.38. The fourth-order valence-corrected chi connectivity index (χ4v) is 4.02. The Labute approximate surface area is 174 Å². The first-order valence-corrected chi connectivity index (χ1v) is 9.70. The number of carbonyl (C=O) groups excluding carboxylic acids is 1. The van der Waals surface area contributed by atoms with Crippen LogP contribution in [0, 0.1) is 18.3 Å². The summed E-state index contributed by atoms with van der Waals surface area (Å²) in [5, 5.41) is 12.8. The second-order valence-corrected chi connectivity index (χ2v) is 7.10. The number of primary amides is 1. The minimum Gasteiger partial charge on any atom is -0.486 e. The zero-order valence-corrected chi connectivity index (χ0v) is 17.0. The Balaban J connectivity index is 2.05. The fraction of sp³-hybridized carbons (Fsp3) is 0.318. The van der Waals surface area contributed by atoms with Crippen LogP contribution in [0.15, 0.2) is 29.6 Å². The number of hydrogen-bond acceptors (Lipinski definition) is 7. The van der Waals surface area contributed by atoms with E-state index in [1.54, 1.807) is 18.3 Å². The van der Waals surface area contributed by atoms with Crippen LogP contribution >= 0.6 is 0 Å². The summed E-state index contributed by atoms with van der Waals surface area (Å²) in [6.07, 6.45) is 1.73. The molecule has 0 unspecified atom stereocenters. The number of nitrogens with zero attached hydrogens (tertiary/aromatic N) is 2. The fourth-order valence-electron chi connectivity index (χ4n) is 4.02. The van der Waals surface area contributed by atoms with E-state index >= 15 is 0 Å². The summed E-state index contributed by atoms with van der Waals surface area (Å²) < 4.78 is 17.5. The van der Waals surface area contributed by atoms with Gasteiger partial charge in [-0.1, -0.05) is 6.07 Å². The number of carbonyl (C=O) groups is 1. The third kappa shape index (κ3) is 2.99. The number of amides is 1. The van der Waals surface area contributed by atoms with Crippen LogP contribution < -0.4 is 25.3 Å². The molecule has 30 heavy (non-hydrogen) atoms. The van der Waals surface area contributed by atoms with E-state index in [1.165, 1.54) is 0 Å².